The van der Waals surface area contributed by atoms with E-state index >= 15 is 0 Å². The number of imide groups is 1. The van der Waals surface area contributed by atoms with E-state index < -0.39 is 23.9 Å². The monoisotopic (exact) mass is 394 g/mol. The van der Waals surface area contributed by atoms with Gasteiger partial charge in [0.15, 0.2) is 0 Å². The number of nitrogens with one attached hydrogen (secondary N) is 1. The molecule has 0 saturated heterocycles. The third kappa shape index (κ3) is 4.29. The Labute approximate surface area is 168 Å². The van der Waals surface area contributed by atoms with Gasteiger partial charge in [0, 0.05) is 12.6 Å². The summed E-state index contributed by atoms with van der Waals surface area (Å²) in [6, 6.07) is 14.7. The van der Waals surface area contributed by atoms with Gasteiger partial charge < -0.3 is 14.8 Å². The van der Waals surface area contributed by atoms with Crippen LogP contribution in [0.4, 0.5) is 4.79 Å². The van der Waals surface area contributed by atoms with Crippen molar-refractivity contribution in [2.75, 3.05) is 6.61 Å². The van der Waals surface area contributed by atoms with Gasteiger partial charge in [0.05, 0.1) is 12.2 Å². The Balaban J connectivity index is 2.06. The summed E-state index contributed by atoms with van der Waals surface area (Å²) in [6.45, 7) is 4.76. The van der Waals surface area contributed by atoms with E-state index in [-0.39, 0.29) is 12.2 Å². The SMILES string of the molecule is CCOC(=O)C1=C(C)NC(=O)N(C(C)=O)C1c1cccc(Oc2ccccc2)c1. The van der Waals surface area contributed by atoms with Gasteiger partial charge in [-0.15, -0.1) is 0 Å². The number of hydrogen-bond acceptors (Lipinski definition) is 5. The quantitative estimate of drug-likeness (QED) is 0.777. The molecular formula is C22H22N2O5. The molecule has 0 fully saturated rings. The van der Waals surface area contributed by atoms with Gasteiger partial charge in [-0.2, -0.15) is 0 Å². The predicted octanol–water partition coefficient (Wildman–Crippen LogP) is 3.93. The van der Waals surface area contributed by atoms with Crippen molar-refractivity contribution in [2.45, 2.75) is 26.8 Å². The lowest BCUT2D eigenvalue weighted by atomic mass is 9.93. The van der Waals surface area contributed by atoms with Gasteiger partial charge in [-0.05, 0) is 43.7 Å². The van der Waals surface area contributed by atoms with Crippen molar-refractivity contribution in [3.63, 3.8) is 0 Å². The van der Waals surface area contributed by atoms with Crippen LogP contribution in [0.25, 0.3) is 0 Å². The van der Waals surface area contributed by atoms with Crippen LogP contribution in [0.3, 0.4) is 0 Å². The summed E-state index contributed by atoms with van der Waals surface area (Å²) in [7, 11) is 0. The number of benzene rings is 2. The largest absolute Gasteiger partial charge is 0.463 e. The molecule has 1 aliphatic heterocycles. The standard InChI is InChI=1S/C22H22N2O5/c1-4-28-21(26)19-14(2)23-22(27)24(15(3)25)20(19)16-9-8-12-18(13-16)29-17-10-6-5-7-11-17/h5-13,20H,4H2,1-3H3,(H,23,27). The smallest absolute Gasteiger partial charge is 0.338 e. The normalized spacial score (nSPS) is 16.3. The first-order chi connectivity index (χ1) is 13.9. The molecule has 7 nitrogen and oxygen atoms in total. The summed E-state index contributed by atoms with van der Waals surface area (Å²) in [4.78, 5) is 38.4. The van der Waals surface area contributed by atoms with Crippen LogP contribution in [-0.4, -0.2) is 29.4 Å². The van der Waals surface area contributed by atoms with Crippen LogP contribution in [0.2, 0.25) is 0 Å². The number of carbonyl (C=O) groups is 3. The molecule has 7 heteroatoms. The molecule has 1 aliphatic rings. The van der Waals surface area contributed by atoms with Crippen LogP contribution < -0.4 is 10.1 Å². The molecule has 1 atom stereocenters. The van der Waals surface area contributed by atoms with E-state index in [1.165, 1.54) is 6.92 Å². The van der Waals surface area contributed by atoms with Gasteiger partial charge in [-0.1, -0.05) is 30.3 Å². The lowest BCUT2D eigenvalue weighted by Crippen LogP contribution is -2.50. The van der Waals surface area contributed by atoms with Crippen molar-refractivity contribution in [2.24, 2.45) is 0 Å². The Morgan fingerprint density at radius 2 is 1.76 bits per heavy atom. The van der Waals surface area contributed by atoms with Crippen LogP contribution in [0.1, 0.15) is 32.4 Å². The van der Waals surface area contributed by atoms with Gasteiger partial charge in [-0.25, -0.2) is 9.59 Å². The summed E-state index contributed by atoms with van der Waals surface area (Å²) < 4.78 is 11.0. The van der Waals surface area contributed by atoms with E-state index in [0.29, 0.717) is 22.8 Å². The third-order valence-corrected chi connectivity index (χ3v) is 4.44. The van der Waals surface area contributed by atoms with Crippen molar-refractivity contribution in [3.05, 3.63) is 71.4 Å². The topological polar surface area (TPSA) is 84.9 Å². The second-order valence-electron chi connectivity index (χ2n) is 6.47. The molecule has 2 aromatic carbocycles. The lowest BCUT2D eigenvalue weighted by molar-refractivity contribution is -0.139. The molecule has 0 bridgehead atoms. The summed E-state index contributed by atoms with van der Waals surface area (Å²) in [5, 5.41) is 2.57. The Morgan fingerprint density at radius 1 is 1.07 bits per heavy atom. The van der Waals surface area contributed by atoms with Crippen LogP contribution >= 0.6 is 0 Å². The van der Waals surface area contributed by atoms with E-state index in [1.54, 1.807) is 38.1 Å². The highest BCUT2D eigenvalue weighted by Gasteiger charge is 2.40. The van der Waals surface area contributed by atoms with Crippen LogP contribution in [-0.2, 0) is 14.3 Å². The number of ether oxygens (including phenoxy) is 2. The van der Waals surface area contributed by atoms with Crippen molar-refractivity contribution < 1.29 is 23.9 Å². The highest BCUT2D eigenvalue weighted by Crippen LogP contribution is 2.36. The highest BCUT2D eigenvalue weighted by atomic mass is 16.5. The zero-order valence-electron chi connectivity index (χ0n) is 16.5. The molecular weight excluding hydrogens is 372 g/mol. The molecule has 3 rings (SSSR count). The number of urea groups is 1. The van der Waals surface area contributed by atoms with Crippen LogP contribution in [0.5, 0.6) is 11.5 Å². The zero-order valence-corrected chi connectivity index (χ0v) is 16.5. The number of amides is 3. The number of para-hydroxylation sites is 1. The minimum atomic E-state index is -0.917. The van der Waals surface area contributed by atoms with Gasteiger partial charge in [0.2, 0.25) is 5.91 Å². The summed E-state index contributed by atoms with van der Waals surface area (Å²) >= 11 is 0. The van der Waals surface area contributed by atoms with Crippen LogP contribution in [0.15, 0.2) is 65.9 Å². The fraction of sp³-hybridized carbons (Fsp3) is 0.227. The van der Waals surface area contributed by atoms with E-state index in [0.717, 1.165) is 4.90 Å². The fourth-order valence-electron chi connectivity index (χ4n) is 3.23. The molecule has 0 saturated carbocycles. The van der Waals surface area contributed by atoms with Crippen molar-refractivity contribution in [3.8, 4) is 11.5 Å². The first-order valence-corrected chi connectivity index (χ1v) is 9.24. The fourth-order valence-corrected chi connectivity index (χ4v) is 3.23. The molecule has 29 heavy (non-hydrogen) atoms. The minimum absolute atomic E-state index is 0.174. The van der Waals surface area contributed by atoms with Crippen LogP contribution in [0, 0.1) is 0 Å². The molecule has 1 unspecified atom stereocenters. The van der Waals surface area contributed by atoms with E-state index in [2.05, 4.69) is 5.32 Å². The van der Waals surface area contributed by atoms with E-state index in [1.807, 2.05) is 30.3 Å². The maximum Gasteiger partial charge on any atom is 0.338 e. The Morgan fingerprint density at radius 3 is 2.41 bits per heavy atom. The number of nitrogens with zero attached hydrogens (tertiary/aromatic N) is 1. The van der Waals surface area contributed by atoms with E-state index in [9.17, 15) is 14.4 Å². The second-order valence-corrected chi connectivity index (χ2v) is 6.47. The average Bonchev–Trinajstić information content (AvgIpc) is 2.68. The van der Waals surface area contributed by atoms with Crippen molar-refractivity contribution in [1.29, 1.82) is 0 Å². The number of rotatable bonds is 5. The first-order valence-electron chi connectivity index (χ1n) is 9.24. The summed E-state index contributed by atoms with van der Waals surface area (Å²) in [5.74, 6) is 0.0858. The van der Waals surface area contributed by atoms with Gasteiger partial charge >= 0.3 is 12.0 Å². The van der Waals surface area contributed by atoms with Gasteiger partial charge in [-0.3, -0.25) is 9.69 Å². The Hall–Kier alpha value is -3.61. The molecule has 1 N–H and O–H groups in total. The molecule has 2 aromatic rings. The maximum atomic E-state index is 12.6. The van der Waals surface area contributed by atoms with Gasteiger partial charge in [0.25, 0.3) is 0 Å². The first kappa shape index (κ1) is 20.1. The second kappa shape index (κ2) is 8.60. The Bertz CT molecular complexity index is 968. The summed E-state index contributed by atoms with van der Waals surface area (Å²) in [5.41, 5.74) is 1.12. The number of allylic oxidation sites excluding steroid dienone is 1. The molecule has 0 aromatic heterocycles. The number of hydrogen-bond donors (Lipinski definition) is 1. The average molecular weight is 394 g/mol. The number of esters is 1. The third-order valence-electron chi connectivity index (χ3n) is 4.44. The maximum absolute atomic E-state index is 12.6. The zero-order chi connectivity index (χ0) is 21.0. The Kier molecular flexibility index (Phi) is 5.97. The molecule has 0 spiro atoms. The molecule has 150 valence electrons. The highest BCUT2D eigenvalue weighted by molar-refractivity contribution is 6.01. The van der Waals surface area contributed by atoms with E-state index in [4.69, 9.17) is 9.47 Å². The molecule has 0 aliphatic carbocycles. The number of carbonyl (C=O) groups excluding carboxylic acids is 3. The minimum Gasteiger partial charge on any atom is -0.463 e. The molecule has 0 radical (unpaired) electrons. The predicted molar refractivity (Wildman–Crippen MR) is 106 cm³/mol. The lowest BCUT2D eigenvalue weighted by Gasteiger charge is -2.35. The van der Waals surface area contributed by atoms with Crippen molar-refractivity contribution in [1.82, 2.24) is 10.2 Å². The molecule has 3 amide bonds. The van der Waals surface area contributed by atoms with Crippen molar-refractivity contribution >= 4 is 17.9 Å². The summed E-state index contributed by atoms with van der Waals surface area (Å²) in [6.07, 6.45) is 0. The molecule has 1 heterocycles. The van der Waals surface area contributed by atoms with Gasteiger partial charge in [0.1, 0.15) is 17.5 Å².